The van der Waals surface area contributed by atoms with Crippen LogP contribution >= 0.6 is 0 Å². The number of ether oxygens (including phenoxy) is 6. The highest BCUT2D eigenvalue weighted by molar-refractivity contribution is 6.08. The van der Waals surface area contributed by atoms with Crippen molar-refractivity contribution in [3.05, 3.63) is 58.1 Å². The fourth-order valence-corrected chi connectivity index (χ4v) is 7.79. The second-order valence-electron chi connectivity index (χ2n) is 15.2. The van der Waals surface area contributed by atoms with E-state index in [4.69, 9.17) is 28.4 Å². The summed E-state index contributed by atoms with van der Waals surface area (Å²) in [5, 5.41) is 157. The first kappa shape index (κ1) is 47.6. The number of carboxylic acids is 2. The Morgan fingerprint density at radius 3 is 1.64 bits per heavy atom. The van der Waals surface area contributed by atoms with Crippen LogP contribution in [0.25, 0.3) is 11.1 Å². The second-order valence-corrected chi connectivity index (χ2v) is 15.2. The zero-order valence-corrected chi connectivity index (χ0v) is 33.9. The maximum Gasteiger partial charge on any atom is 0.345 e. The number of aromatic hydroxyl groups is 12. The number of aliphatic hydroxyl groups excluding tert-OH is 1. The van der Waals surface area contributed by atoms with Crippen molar-refractivity contribution in [3.63, 3.8) is 0 Å². The number of esters is 5. The number of phenolic OH excluding ortho intramolecular Hbond substituents is 12. The lowest BCUT2D eigenvalue weighted by atomic mass is 9.76. The van der Waals surface area contributed by atoms with E-state index >= 15 is 0 Å². The number of cyclic esters (lactones) is 2. The van der Waals surface area contributed by atoms with Crippen molar-refractivity contribution < 1.29 is 139 Å². The fraction of sp³-hybridized carbons (Fsp3) is 0.244. The zero-order valence-electron chi connectivity index (χ0n) is 33.9. The summed E-state index contributed by atoms with van der Waals surface area (Å²) in [6, 6.07) is 2.33. The van der Waals surface area contributed by atoms with Crippen molar-refractivity contribution >= 4 is 41.8 Å². The van der Waals surface area contributed by atoms with E-state index in [1.165, 1.54) is 0 Å². The first-order valence-electron chi connectivity index (χ1n) is 19.2. The normalized spacial score (nSPS) is 22.3. The van der Waals surface area contributed by atoms with E-state index in [2.05, 4.69) is 0 Å². The number of carboxylic acid groups (broad SMARTS) is 2. The molecule has 28 heteroatoms. The smallest absolute Gasteiger partial charge is 0.345 e. The molecule has 0 unspecified atom stereocenters. The first-order chi connectivity index (χ1) is 32.3. The number of fused-ring (bicyclic) bond motifs is 6. The van der Waals surface area contributed by atoms with Crippen LogP contribution in [0.3, 0.4) is 0 Å². The summed E-state index contributed by atoms with van der Waals surface area (Å²) in [5.74, 6) is -33.3. The highest BCUT2D eigenvalue weighted by Crippen LogP contribution is 2.54. The van der Waals surface area contributed by atoms with Crippen LogP contribution in [0.2, 0.25) is 0 Å². The van der Waals surface area contributed by atoms with E-state index in [0.29, 0.717) is 30.3 Å². The van der Waals surface area contributed by atoms with Crippen molar-refractivity contribution in [1.82, 2.24) is 0 Å². The van der Waals surface area contributed by atoms with E-state index < -0.39 is 211 Å². The maximum atomic E-state index is 14.5. The molecule has 15 N–H and O–H groups in total. The van der Waals surface area contributed by atoms with Gasteiger partial charge >= 0.3 is 41.8 Å². The Kier molecular flexibility index (Phi) is 12.1. The second kappa shape index (κ2) is 17.5. The number of aliphatic hydroxyl groups is 1. The third kappa shape index (κ3) is 8.20. The number of hydrogen-bond donors (Lipinski definition) is 15. The number of aliphatic carboxylic acids is 2. The van der Waals surface area contributed by atoms with Crippen LogP contribution < -0.4 is 0 Å². The van der Waals surface area contributed by atoms with Gasteiger partial charge in [0.1, 0.15) is 12.7 Å². The molecule has 69 heavy (non-hydrogen) atoms. The molecule has 3 heterocycles. The molecule has 8 atom stereocenters. The highest BCUT2D eigenvalue weighted by Gasteiger charge is 2.55. The molecule has 1 fully saturated rings. The topological polar surface area (TPSA) is 478 Å². The van der Waals surface area contributed by atoms with Crippen LogP contribution in [0.5, 0.6) is 69.0 Å². The van der Waals surface area contributed by atoms with E-state index in [9.17, 15) is 110 Å². The third-order valence-electron chi connectivity index (χ3n) is 11.0. The van der Waals surface area contributed by atoms with Gasteiger partial charge in [-0.3, -0.25) is 9.59 Å². The lowest BCUT2D eigenvalue weighted by Gasteiger charge is -2.43. The van der Waals surface area contributed by atoms with Crippen LogP contribution in [-0.2, 0) is 42.8 Å². The summed E-state index contributed by atoms with van der Waals surface area (Å²) in [7, 11) is 0. The summed E-state index contributed by atoms with van der Waals surface area (Å²) in [4.78, 5) is 94.0. The highest BCUT2D eigenvalue weighted by atomic mass is 16.7. The molecule has 2 bridgehead atoms. The molecule has 28 nitrogen and oxygen atoms in total. The molecule has 0 aliphatic carbocycles. The van der Waals surface area contributed by atoms with Gasteiger partial charge in [0.15, 0.2) is 70.1 Å². The maximum absolute atomic E-state index is 14.5. The number of benzene rings is 4. The number of phenols is 12. The number of rotatable bonds is 8. The molecule has 0 spiro atoms. The van der Waals surface area contributed by atoms with Crippen molar-refractivity contribution in [2.24, 2.45) is 5.92 Å². The molecule has 0 aromatic heterocycles. The molecule has 4 aromatic carbocycles. The van der Waals surface area contributed by atoms with Gasteiger partial charge in [-0.2, -0.15) is 0 Å². The fourth-order valence-electron chi connectivity index (χ4n) is 7.79. The Morgan fingerprint density at radius 2 is 1.10 bits per heavy atom. The average molecular weight is 973 g/mol. The standard InChI is InChI=1S/C41H32O28/c42-13-1-8(2-14(43)24(13)49)36(59)69-41-31(56)34-32(66-40(63)12(6-19(47)48)23-22-11(5-17(46)27(52)30(22)55)38(61)67-33(23)35(57)58)18(65-41)7-64-37(60)9-3-15(44)25(50)28(53)20(9)21-10(39(62)68-34)4-16(45)26(51)29(21)54/h1-5,12,18,23,31-34,41-46,49-56H,6-7H2,(H,47,48)(H,57,58)/t12-,18+,23-,31+,32+,33-,34-,41-/m0/s1. The SMILES string of the molecule is O=C(O)C[C@H](C(=O)O[C@H]1[C@H]2OC(=O)c3cc(O)c(O)c(O)c3-c3c(cc(O)c(O)c3O)C(=O)OC[C@H]1O[C@@H](OC(=O)c1cc(O)c(O)c(O)c1)[C@@H]2O)[C@H]1c2c(cc(O)c(O)c2O)C(=O)O[C@@H]1C(=O)O. The van der Waals surface area contributed by atoms with E-state index in [1.807, 2.05) is 0 Å². The van der Waals surface area contributed by atoms with E-state index in [-0.39, 0.29) is 0 Å². The summed E-state index contributed by atoms with van der Waals surface area (Å²) < 4.78 is 32.2. The molecular weight excluding hydrogens is 940 g/mol. The predicted molar refractivity (Wildman–Crippen MR) is 210 cm³/mol. The van der Waals surface area contributed by atoms with Crippen LogP contribution in [0.1, 0.15) is 59.3 Å². The minimum Gasteiger partial charge on any atom is -0.504 e. The largest absolute Gasteiger partial charge is 0.504 e. The Balaban J connectivity index is 1.40. The molecule has 364 valence electrons. The van der Waals surface area contributed by atoms with Crippen LogP contribution in [0.4, 0.5) is 0 Å². The quantitative estimate of drug-likeness (QED) is 0.0621. The Bertz CT molecular complexity index is 2880. The van der Waals surface area contributed by atoms with E-state index in [1.54, 1.807) is 0 Å². The van der Waals surface area contributed by atoms with Crippen LogP contribution in [0, 0.1) is 5.92 Å². The molecule has 0 amide bonds. The summed E-state index contributed by atoms with van der Waals surface area (Å²) >= 11 is 0. The monoisotopic (exact) mass is 972 g/mol. The van der Waals surface area contributed by atoms with Gasteiger partial charge in [-0.25, -0.2) is 24.0 Å². The number of hydrogen-bond acceptors (Lipinski definition) is 26. The summed E-state index contributed by atoms with van der Waals surface area (Å²) in [5.41, 5.74) is -7.14. The van der Waals surface area contributed by atoms with Crippen molar-refractivity contribution in [3.8, 4) is 80.1 Å². The molecule has 4 aromatic rings. The van der Waals surface area contributed by atoms with Crippen molar-refractivity contribution in [2.45, 2.75) is 49.1 Å². The first-order valence-corrected chi connectivity index (χ1v) is 19.2. The molecular formula is C41H32O28. The van der Waals surface area contributed by atoms with Crippen LogP contribution in [0.15, 0.2) is 30.3 Å². The average Bonchev–Trinajstić information content (AvgIpc) is 3.28. The van der Waals surface area contributed by atoms with Crippen LogP contribution in [-0.4, -0.2) is 162 Å². The molecule has 0 saturated carbocycles. The molecule has 1 saturated heterocycles. The minimum atomic E-state index is -2.70. The lowest BCUT2D eigenvalue weighted by molar-refractivity contribution is -0.288. The van der Waals surface area contributed by atoms with Crippen molar-refractivity contribution in [1.29, 1.82) is 0 Å². The molecule has 3 aliphatic heterocycles. The Morgan fingerprint density at radius 1 is 0.609 bits per heavy atom. The van der Waals surface area contributed by atoms with Gasteiger partial charge in [0, 0.05) is 16.7 Å². The number of carbonyl (C=O) groups excluding carboxylic acids is 5. The van der Waals surface area contributed by atoms with Gasteiger partial charge in [0.05, 0.1) is 40.5 Å². The summed E-state index contributed by atoms with van der Waals surface area (Å²) in [6.45, 7) is -1.37. The zero-order chi connectivity index (χ0) is 50.8. The Hall–Kier alpha value is -9.31. The minimum absolute atomic E-state index is 0.332. The number of carbonyl (C=O) groups is 7. The van der Waals surface area contributed by atoms with Crippen molar-refractivity contribution in [2.75, 3.05) is 6.61 Å². The van der Waals surface area contributed by atoms with Gasteiger partial charge in [-0.1, -0.05) is 0 Å². The van der Waals surface area contributed by atoms with Gasteiger partial charge in [0.2, 0.25) is 29.6 Å². The third-order valence-corrected chi connectivity index (χ3v) is 11.0. The van der Waals surface area contributed by atoms with Gasteiger partial charge in [0.25, 0.3) is 0 Å². The molecule has 7 rings (SSSR count). The van der Waals surface area contributed by atoms with Gasteiger partial charge in [-0.05, 0) is 30.3 Å². The van der Waals surface area contributed by atoms with Gasteiger partial charge < -0.3 is 105 Å². The Labute approximate surface area is 380 Å². The predicted octanol–water partition coefficient (Wildman–Crippen LogP) is -0.131. The molecule has 3 aliphatic rings. The lowest BCUT2D eigenvalue weighted by Crippen LogP contribution is -2.62. The van der Waals surface area contributed by atoms with Gasteiger partial charge in [-0.15, -0.1) is 0 Å². The van der Waals surface area contributed by atoms with E-state index in [0.717, 1.165) is 0 Å². The summed E-state index contributed by atoms with van der Waals surface area (Å²) in [6.07, 6.45) is -16.8. The molecule has 0 radical (unpaired) electrons.